The number of benzene rings is 1. The Kier molecular flexibility index (Phi) is 4.56. The first kappa shape index (κ1) is 14.5. The maximum Gasteiger partial charge on any atom is 0.223 e. The third kappa shape index (κ3) is 4.29. The number of ether oxygens (including phenoxy) is 1. The summed E-state index contributed by atoms with van der Waals surface area (Å²) in [6.07, 6.45) is 2.79. The number of hydrogen-bond acceptors (Lipinski definition) is 3. The zero-order valence-corrected chi connectivity index (χ0v) is 12.2. The van der Waals surface area contributed by atoms with Crippen molar-refractivity contribution in [3.05, 3.63) is 35.9 Å². The second-order valence-corrected chi connectivity index (χ2v) is 6.24. The maximum absolute atomic E-state index is 12.0. The lowest BCUT2D eigenvalue weighted by atomic mass is 10.1. The molecule has 0 spiro atoms. The lowest BCUT2D eigenvalue weighted by molar-refractivity contribution is -0.123. The van der Waals surface area contributed by atoms with E-state index in [1.54, 1.807) is 0 Å². The average Bonchev–Trinajstić information content (AvgIpc) is 3.38. The van der Waals surface area contributed by atoms with Crippen LogP contribution >= 0.6 is 0 Å². The molecule has 0 aliphatic heterocycles. The van der Waals surface area contributed by atoms with Crippen molar-refractivity contribution in [1.82, 2.24) is 5.32 Å². The predicted octanol–water partition coefficient (Wildman–Crippen LogP) is 1.69. The average molecular weight is 289 g/mol. The Morgan fingerprint density at radius 1 is 1.33 bits per heavy atom. The molecular formula is C17H23NO3. The fourth-order valence-electron chi connectivity index (χ4n) is 2.62. The number of nitrogens with one attached hydrogen (secondary N) is 1. The fourth-order valence-corrected chi connectivity index (χ4v) is 2.62. The van der Waals surface area contributed by atoms with Gasteiger partial charge in [0.05, 0.1) is 12.7 Å². The Morgan fingerprint density at radius 3 is 2.81 bits per heavy atom. The summed E-state index contributed by atoms with van der Waals surface area (Å²) in [5.74, 6) is 1.15. The second-order valence-electron chi connectivity index (χ2n) is 6.24. The first-order chi connectivity index (χ1) is 10.2. The molecule has 3 rings (SSSR count). The molecule has 0 saturated heterocycles. The van der Waals surface area contributed by atoms with Crippen molar-refractivity contribution in [2.45, 2.75) is 31.3 Å². The molecule has 114 valence electrons. The molecule has 4 heteroatoms. The Hall–Kier alpha value is -1.39. The standard InChI is InChI=1S/C17H23NO3/c19-14(11-21-10-12-6-7-12)9-18-17(20)16-8-15(16)13-4-2-1-3-5-13/h1-5,12,14-16,19H,6-11H2,(H,18,20)/t14-,15-,16+/m0/s1. The van der Waals surface area contributed by atoms with Crippen molar-refractivity contribution < 1.29 is 14.6 Å². The van der Waals surface area contributed by atoms with Crippen LogP contribution < -0.4 is 5.32 Å². The maximum atomic E-state index is 12.0. The summed E-state index contributed by atoms with van der Waals surface area (Å²) in [7, 11) is 0. The van der Waals surface area contributed by atoms with E-state index in [2.05, 4.69) is 17.4 Å². The molecule has 2 saturated carbocycles. The molecule has 1 aromatic rings. The van der Waals surface area contributed by atoms with Crippen molar-refractivity contribution in [2.75, 3.05) is 19.8 Å². The zero-order chi connectivity index (χ0) is 14.7. The summed E-state index contributed by atoms with van der Waals surface area (Å²) in [6, 6.07) is 10.1. The molecule has 4 nitrogen and oxygen atoms in total. The van der Waals surface area contributed by atoms with Crippen molar-refractivity contribution in [2.24, 2.45) is 11.8 Å². The van der Waals surface area contributed by atoms with Crippen LogP contribution in [-0.4, -0.2) is 36.9 Å². The summed E-state index contributed by atoms with van der Waals surface area (Å²) < 4.78 is 5.42. The van der Waals surface area contributed by atoms with Crippen LogP contribution in [-0.2, 0) is 9.53 Å². The van der Waals surface area contributed by atoms with Crippen LogP contribution in [0.5, 0.6) is 0 Å². The van der Waals surface area contributed by atoms with Gasteiger partial charge in [-0.1, -0.05) is 30.3 Å². The highest BCUT2D eigenvalue weighted by molar-refractivity contribution is 5.82. The molecule has 2 aliphatic carbocycles. The van der Waals surface area contributed by atoms with Gasteiger partial charge in [-0.2, -0.15) is 0 Å². The van der Waals surface area contributed by atoms with Crippen molar-refractivity contribution in [3.63, 3.8) is 0 Å². The highest BCUT2D eigenvalue weighted by Crippen LogP contribution is 2.47. The van der Waals surface area contributed by atoms with Crippen LogP contribution in [0.2, 0.25) is 0 Å². The molecule has 2 fully saturated rings. The summed E-state index contributed by atoms with van der Waals surface area (Å²) in [6.45, 7) is 1.33. The number of aliphatic hydroxyl groups is 1. The smallest absolute Gasteiger partial charge is 0.223 e. The third-order valence-electron chi connectivity index (χ3n) is 4.23. The first-order valence-electron chi connectivity index (χ1n) is 7.82. The minimum atomic E-state index is -0.610. The Labute approximate surface area is 125 Å². The Balaban J connectivity index is 1.33. The van der Waals surface area contributed by atoms with E-state index in [1.165, 1.54) is 18.4 Å². The van der Waals surface area contributed by atoms with Crippen LogP contribution in [0.15, 0.2) is 30.3 Å². The van der Waals surface area contributed by atoms with Gasteiger partial charge in [0.15, 0.2) is 0 Å². The monoisotopic (exact) mass is 289 g/mol. The van der Waals surface area contributed by atoms with E-state index in [0.29, 0.717) is 18.4 Å². The number of aliphatic hydroxyl groups excluding tert-OH is 1. The van der Waals surface area contributed by atoms with Gasteiger partial charge in [-0.25, -0.2) is 0 Å². The van der Waals surface area contributed by atoms with Crippen molar-refractivity contribution >= 4 is 5.91 Å². The number of carbonyl (C=O) groups excluding carboxylic acids is 1. The summed E-state index contributed by atoms with van der Waals surface area (Å²) in [5.41, 5.74) is 1.23. The van der Waals surface area contributed by atoms with E-state index in [0.717, 1.165) is 13.0 Å². The number of carbonyl (C=O) groups is 1. The van der Waals surface area contributed by atoms with Crippen molar-refractivity contribution in [1.29, 1.82) is 0 Å². The molecule has 0 heterocycles. The molecule has 2 N–H and O–H groups in total. The van der Waals surface area contributed by atoms with Gasteiger partial charge in [0.25, 0.3) is 0 Å². The van der Waals surface area contributed by atoms with E-state index in [1.807, 2.05) is 18.2 Å². The van der Waals surface area contributed by atoms with E-state index >= 15 is 0 Å². The van der Waals surface area contributed by atoms with E-state index in [-0.39, 0.29) is 18.4 Å². The van der Waals surface area contributed by atoms with Crippen LogP contribution in [0.4, 0.5) is 0 Å². The number of hydrogen-bond donors (Lipinski definition) is 2. The minimum absolute atomic E-state index is 0.0464. The highest BCUT2D eigenvalue weighted by atomic mass is 16.5. The Morgan fingerprint density at radius 2 is 2.10 bits per heavy atom. The molecule has 1 amide bonds. The SMILES string of the molecule is O=C(NC[C@H](O)COCC1CC1)[C@@H]1C[C@H]1c1ccccc1. The normalized spacial score (nSPS) is 25.4. The van der Waals surface area contributed by atoms with Crippen molar-refractivity contribution in [3.8, 4) is 0 Å². The summed E-state index contributed by atoms with van der Waals surface area (Å²) in [4.78, 5) is 12.0. The highest BCUT2D eigenvalue weighted by Gasteiger charge is 2.43. The fraction of sp³-hybridized carbons (Fsp3) is 0.588. The third-order valence-corrected chi connectivity index (χ3v) is 4.23. The number of rotatable bonds is 8. The van der Waals surface area contributed by atoms with Gasteiger partial charge in [-0.3, -0.25) is 4.79 Å². The van der Waals surface area contributed by atoms with Gasteiger partial charge >= 0.3 is 0 Å². The molecular weight excluding hydrogens is 266 g/mol. The largest absolute Gasteiger partial charge is 0.389 e. The zero-order valence-electron chi connectivity index (χ0n) is 12.2. The first-order valence-corrected chi connectivity index (χ1v) is 7.82. The topological polar surface area (TPSA) is 58.6 Å². The van der Waals surface area contributed by atoms with Crippen LogP contribution in [0.3, 0.4) is 0 Å². The minimum Gasteiger partial charge on any atom is -0.389 e. The van der Waals surface area contributed by atoms with Crippen LogP contribution in [0.1, 0.15) is 30.7 Å². The second kappa shape index (κ2) is 6.58. The molecule has 0 bridgehead atoms. The quantitative estimate of drug-likeness (QED) is 0.766. The molecule has 3 atom stereocenters. The van der Waals surface area contributed by atoms with E-state index in [4.69, 9.17) is 4.74 Å². The predicted molar refractivity (Wildman–Crippen MR) is 79.8 cm³/mol. The molecule has 0 aromatic heterocycles. The van der Waals surface area contributed by atoms with E-state index in [9.17, 15) is 9.90 Å². The lowest BCUT2D eigenvalue weighted by Crippen LogP contribution is -2.35. The molecule has 21 heavy (non-hydrogen) atoms. The van der Waals surface area contributed by atoms with Gasteiger partial charge in [0.2, 0.25) is 5.91 Å². The van der Waals surface area contributed by atoms with E-state index < -0.39 is 6.10 Å². The Bertz CT molecular complexity index is 472. The van der Waals surface area contributed by atoms with Gasteiger partial charge in [0.1, 0.15) is 0 Å². The van der Waals surface area contributed by atoms with Gasteiger partial charge < -0.3 is 15.2 Å². The lowest BCUT2D eigenvalue weighted by Gasteiger charge is -2.12. The summed E-state index contributed by atoms with van der Waals surface area (Å²) in [5, 5.41) is 12.6. The molecule has 0 unspecified atom stereocenters. The van der Waals surface area contributed by atoms with Crippen LogP contribution in [0, 0.1) is 11.8 Å². The van der Waals surface area contributed by atoms with Crippen LogP contribution in [0.25, 0.3) is 0 Å². The molecule has 0 radical (unpaired) electrons. The summed E-state index contributed by atoms with van der Waals surface area (Å²) >= 11 is 0. The van der Waals surface area contributed by atoms with Gasteiger partial charge in [-0.15, -0.1) is 0 Å². The van der Waals surface area contributed by atoms with Gasteiger partial charge in [0, 0.05) is 19.1 Å². The van der Waals surface area contributed by atoms with Gasteiger partial charge in [-0.05, 0) is 36.7 Å². The molecule has 2 aliphatic rings. The molecule has 1 aromatic carbocycles. The number of amides is 1.